The average Bonchev–Trinajstić information content (AvgIpc) is 3.24. The number of aromatic nitrogens is 3. The van der Waals surface area contributed by atoms with E-state index in [1.54, 1.807) is 4.68 Å². The van der Waals surface area contributed by atoms with E-state index >= 15 is 0 Å². The molecule has 0 fully saturated rings. The van der Waals surface area contributed by atoms with Crippen molar-refractivity contribution in [1.29, 1.82) is 0 Å². The first-order valence-corrected chi connectivity index (χ1v) is 11.0. The molecular weight excluding hydrogens is 448 g/mol. The van der Waals surface area contributed by atoms with Gasteiger partial charge in [0.05, 0.1) is 17.3 Å². The predicted molar refractivity (Wildman–Crippen MR) is 129 cm³/mol. The van der Waals surface area contributed by atoms with Crippen LogP contribution in [-0.4, -0.2) is 58.8 Å². The van der Waals surface area contributed by atoms with Crippen molar-refractivity contribution in [3.8, 4) is 34.2 Å². The van der Waals surface area contributed by atoms with Crippen molar-refractivity contribution >= 4 is 23.0 Å². The Bertz CT molecular complexity index is 1430. The van der Waals surface area contributed by atoms with Crippen LogP contribution in [0, 0.1) is 0 Å². The first-order chi connectivity index (χ1) is 17.0. The van der Waals surface area contributed by atoms with Gasteiger partial charge in [0.2, 0.25) is 0 Å². The molecule has 0 aliphatic carbocycles. The number of pyridine rings is 1. The van der Waals surface area contributed by atoms with E-state index in [0.717, 1.165) is 35.7 Å². The number of carbonyl (C=O) groups is 2. The molecule has 0 unspecified atom stereocenters. The van der Waals surface area contributed by atoms with Crippen LogP contribution in [0.3, 0.4) is 0 Å². The van der Waals surface area contributed by atoms with Gasteiger partial charge in [-0.25, -0.2) is 19.3 Å². The van der Waals surface area contributed by atoms with Gasteiger partial charge in [0.1, 0.15) is 18.1 Å². The summed E-state index contributed by atoms with van der Waals surface area (Å²) in [5.41, 5.74) is 2.50. The minimum absolute atomic E-state index is 0.0431. The fourth-order valence-corrected chi connectivity index (χ4v) is 3.63. The molecule has 3 heterocycles. The number of carbonyl (C=O) groups excluding carboxylic acids is 2. The fourth-order valence-electron chi connectivity index (χ4n) is 3.63. The van der Waals surface area contributed by atoms with Crippen molar-refractivity contribution < 1.29 is 23.8 Å². The highest BCUT2D eigenvalue weighted by atomic mass is 16.6. The second kappa shape index (κ2) is 9.40. The number of hydrogen-bond acceptors (Lipinski definition) is 8. The van der Waals surface area contributed by atoms with E-state index in [0.29, 0.717) is 23.3 Å². The Morgan fingerprint density at radius 3 is 2.37 bits per heavy atom. The van der Waals surface area contributed by atoms with Crippen LogP contribution in [0.25, 0.3) is 28.0 Å². The quantitative estimate of drug-likeness (QED) is 0.396. The molecule has 2 aromatic heterocycles. The van der Waals surface area contributed by atoms with Crippen molar-refractivity contribution in [2.75, 3.05) is 27.2 Å². The van der Waals surface area contributed by atoms with E-state index in [-0.39, 0.29) is 11.5 Å². The summed E-state index contributed by atoms with van der Waals surface area (Å²) in [6, 6.07) is 16.9. The normalized spacial score (nSPS) is 14.1. The fraction of sp³-hybridized carbons (Fsp3) is 0.154. The molecule has 0 radical (unpaired) electrons. The third-order valence-electron chi connectivity index (χ3n) is 5.32. The Balaban J connectivity index is 1.63. The molecule has 9 nitrogen and oxygen atoms in total. The lowest BCUT2D eigenvalue weighted by molar-refractivity contribution is -0.133. The van der Waals surface area contributed by atoms with Gasteiger partial charge in [0, 0.05) is 24.3 Å². The summed E-state index contributed by atoms with van der Waals surface area (Å²) in [4.78, 5) is 30.9. The van der Waals surface area contributed by atoms with Crippen LogP contribution < -0.4 is 14.2 Å². The number of benzene rings is 2. The van der Waals surface area contributed by atoms with Gasteiger partial charge < -0.3 is 19.1 Å². The van der Waals surface area contributed by atoms with Crippen molar-refractivity contribution in [1.82, 2.24) is 19.7 Å². The highest BCUT2D eigenvalue weighted by Gasteiger charge is 2.26. The molecule has 0 bridgehead atoms. The highest BCUT2D eigenvalue weighted by Crippen LogP contribution is 2.41. The molecule has 4 aromatic rings. The molecule has 0 saturated carbocycles. The number of rotatable bonds is 6. The number of hydrogen-bond donors (Lipinski definition) is 0. The van der Waals surface area contributed by atoms with E-state index in [2.05, 4.69) is 4.98 Å². The lowest BCUT2D eigenvalue weighted by Crippen LogP contribution is -2.19. The van der Waals surface area contributed by atoms with Crippen molar-refractivity contribution in [2.45, 2.75) is 0 Å². The summed E-state index contributed by atoms with van der Waals surface area (Å²) < 4.78 is 18.4. The SMILES string of the molecule is CN(C)CCOc1ccc(-n2nc(-c3ccccc3)c3c4c(cnc32)OC(=O)/C=C\C(=O)O4)cc1. The van der Waals surface area contributed by atoms with E-state index in [1.807, 2.05) is 73.6 Å². The van der Waals surface area contributed by atoms with Crippen molar-refractivity contribution in [3.63, 3.8) is 0 Å². The summed E-state index contributed by atoms with van der Waals surface area (Å²) in [7, 11) is 3.98. The van der Waals surface area contributed by atoms with E-state index < -0.39 is 11.9 Å². The number of likely N-dealkylation sites (N-methyl/N-ethyl adjacent to an activating group) is 1. The molecular formula is C26H22N4O5. The van der Waals surface area contributed by atoms with Crippen molar-refractivity contribution in [2.24, 2.45) is 0 Å². The summed E-state index contributed by atoms with van der Waals surface area (Å²) in [5, 5.41) is 5.26. The minimum Gasteiger partial charge on any atom is -0.492 e. The van der Waals surface area contributed by atoms with Gasteiger partial charge in [-0.1, -0.05) is 30.3 Å². The van der Waals surface area contributed by atoms with Gasteiger partial charge in [-0.15, -0.1) is 0 Å². The van der Waals surface area contributed by atoms with Crippen LogP contribution >= 0.6 is 0 Å². The number of fused-ring (bicyclic) bond motifs is 3. The smallest absolute Gasteiger partial charge is 0.336 e. The lowest BCUT2D eigenvalue weighted by atomic mass is 10.1. The maximum absolute atomic E-state index is 12.3. The van der Waals surface area contributed by atoms with Gasteiger partial charge in [-0.05, 0) is 38.4 Å². The van der Waals surface area contributed by atoms with Crippen LogP contribution in [0.2, 0.25) is 0 Å². The molecule has 0 spiro atoms. The zero-order chi connectivity index (χ0) is 24.4. The Morgan fingerprint density at radius 1 is 0.943 bits per heavy atom. The summed E-state index contributed by atoms with van der Waals surface area (Å²) in [6.07, 6.45) is 3.39. The molecule has 176 valence electrons. The van der Waals surface area contributed by atoms with E-state index in [4.69, 9.17) is 19.3 Å². The molecule has 2 aromatic carbocycles. The molecule has 1 aliphatic rings. The molecule has 0 amide bonds. The van der Waals surface area contributed by atoms with Crippen molar-refractivity contribution in [3.05, 3.63) is 72.9 Å². The topological polar surface area (TPSA) is 95.8 Å². The third kappa shape index (κ3) is 4.62. The molecule has 5 rings (SSSR count). The van der Waals surface area contributed by atoms with Gasteiger partial charge in [0.15, 0.2) is 17.1 Å². The zero-order valence-corrected chi connectivity index (χ0v) is 19.2. The van der Waals surface area contributed by atoms with E-state index in [9.17, 15) is 9.59 Å². The zero-order valence-electron chi connectivity index (χ0n) is 19.2. The largest absolute Gasteiger partial charge is 0.492 e. The Hall–Kier alpha value is -4.50. The van der Waals surface area contributed by atoms with Crippen LogP contribution in [0.4, 0.5) is 0 Å². The van der Waals surface area contributed by atoms with Crippen LogP contribution in [0.15, 0.2) is 72.9 Å². The predicted octanol–water partition coefficient (Wildman–Crippen LogP) is 3.41. The van der Waals surface area contributed by atoms with E-state index in [1.165, 1.54) is 6.20 Å². The first-order valence-electron chi connectivity index (χ1n) is 11.0. The average molecular weight is 470 g/mol. The van der Waals surface area contributed by atoms with Gasteiger partial charge in [0.25, 0.3) is 0 Å². The number of nitrogens with zero attached hydrogens (tertiary/aromatic N) is 4. The monoisotopic (exact) mass is 470 g/mol. The van der Waals surface area contributed by atoms with Crippen LogP contribution in [0.1, 0.15) is 0 Å². The standard InChI is InChI=1S/C26H22N4O5/c1-29(2)14-15-33-19-10-8-18(9-11-19)30-26-23(24(28-30)17-6-4-3-5-7-17)25-20(16-27-26)34-21(31)12-13-22(32)35-25/h3-13,16H,14-15H2,1-2H3/b13-12-. The lowest BCUT2D eigenvalue weighted by Gasteiger charge is -2.12. The first kappa shape index (κ1) is 22.3. The molecule has 0 N–H and O–H groups in total. The summed E-state index contributed by atoms with van der Waals surface area (Å²) >= 11 is 0. The van der Waals surface area contributed by atoms with Gasteiger partial charge in [-0.3, -0.25) is 0 Å². The molecule has 1 aliphatic heterocycles. The van der Waals surface area contributed by atoms with Gasteiger partial charge in [-0.2, -0.15) is 5.10 Å². The van der Waals surface area contributed by atoms with Crippen LogP contribution in [0.5, 0.6) is 17.2 Å². The Labute approximate surface area is 201 Å². The third-order valence-corrected chi connectivity index (χ3v) is 5.32. The molecule has 0 saturated heterocycles. The summed E-state index contributed by atoms with van der Waals surface area (Å²) in [5.74, 6) is -0.516. The molecule has 9 heteroatoms. The maximum atomic E-state index is 12.3. The Morgan fingerprint density at radius 2 is 1.66 bits per heavy atom. The Kier molecular flexibility index (Phi) is 5.99. The minimum atomic E-state index is -0.693. The number of esters is 2. The molecule has 0 atom stereocenters. The maximum Gasteiger partial charge on any atom is 0.336 e. The highest BCUT2D eigenvalue weighted by molar-refractivity contribution is 6.03. The van der Waals surface area contributed by atoms with Gasteiger partial charge >= 0.3 is 11.9 Å². The summed E-state index contributed by atoms with van der Waals surface area (Å²) in [6.45, 7) is 1.38. The second-order valence-electron chi connectivity index (χ2n) is 8.10. The second-order valence-corrected chi connectivity index (χ2v) is 8.10. The van der Waals surface area contributed by atoms with Crippen LogP contribution in [-0.2, 0) is 9.59 Å². The molecule has 35 heavy (non-hydrogen) atoms. The number of ether oxygens (including phenoxy) is 3.